The monoisotopic (exact) mass is 431 g/mol. The number of esters is 1. The first-order valence-corrected chi connectivity index (χ1v) is 11.1. The highest BCUT2D eigenvalue weighted by atomic mass is 16.5. The fraction of sp³-hybridized carbons (Fsp3) is 0.333. The molecule has 0 spiro atoms. The van der Waals surface area contributed by atoms with Crippen LogP contribution in [0, 0.1) is 0 Å². The number of dihydropyridines is 1. The summed E-state index contributed by atoms with van der Waals surface area (Å²) >= 11 is 0. The Bertz CT molecular complexity index is 1080. The Morgan fingerprint density at radius 3 is 2.38 bits per heavy atom. The molecule has 5 heteroatoms. The number of nitrogens with one attached hydrogen (secondary N) is 1. The van der Waals surface area contributed by atoms with Gasteiger partial charge in [0.15, 0.2) is 5.78 Å². The summed E-state index contributed by atoms with van der Waals surface area (Å²) in [5.74, 6) is 0.0471. The van der Waals surface area contributed by atoms with E-state index in [9.17, 15) is 9.59 Å². The van der Waals surface area contributed by atoms with Gasteiger partial charge in [-0.1, -0.05) is 43.3 Å². The van der Waals surface area contributed by atoms with Crippen molar-refractivity contribution in [3.8, 4) is 5.75 Å². The van der Waals surface area contributed by atoms with Gasteiger partial charge in [-0.3, -0.25) is 4.79 Å². The molecule has 1 N–H and O–H groups in total. The molecule has 2 aromatic rings. The number of hydrogen-bond donors (Lipinski definition) is 1. The first-order chi connectivity index (χ1) is 15.5. The Kier molecular flexibility index (Phi) is 6.45. The van der Waals surface area contributed by atoms with Crippen LogP contribution >= 0.6 is 0 Å². The van der Waals surface area contributed by atoms with Gasteiger partial charge < -0.3 is 14.8 Å². The Labute approximate surface area is 189 Å². The van der Waals surface area contributed by atoms with Crippen molar-refractivity contribution in [1.82, 2.24) is 5.32 Å². The molecule has 0 saturated carbocycles. The summed E-state index contributed by atoms with van der Waals surface area (Å²) < 4.78 is 10.9. The number of ether oxygens (including phenoxy) is 2. The van der Waals surface area contributed by atoms with Gasteiger partial charge in [-0.2, -0.15) is 0 Å². The van der Waals surface area contributed by atoms with Gasteiger partial charge in [0.1, 0.15) is 12.4 Å². The summed E-state index contributed by atoms with van der Waals surface area (Å²) in [5.41, 5.74) is 5.95. The average molecular weight is 432 g/mol. The Balaban J connectivity index is 1.65. The highest BCUT2D eigenvalue weighted by Gasteiger charge is 2.39. The Morgan fingerprint density at radius 1 is 1.03 bits per heavy atom. The van der Waals surface area contributed by atoms with Gasteiger partial charge in [-0.05, 0) is 55.0 Å². The molecule has 2 aromatic carbocycles. The number of benzene rings is 2. The van der Waals surface area contributed by atoms with E-state index in [0.717, 1.165) is 47.5 Å². The van der Waals surface area contributed by atoms with Crippen LogP contribution in [-0.2, 0) is 27.4 Å². The summed E-state index contributed by atoms with van der Waals surface area (Å²) in [6.07, 6.45) is 3.09. The van der Waals surface area contributed by atoms with E-state index < -0.39 is 11.9 Å². The molecule has 0 saturated heterocycles. The van der Waals surface area contributed by atoms with E-state index in [1.807, 2.05) is 43.3 Å². The van der Waals surface area contributed by atoms with Crippen molar-refractivity contribution in [3.63, 3.8) is 0 Å². The third kappa shape index (κ3) is 4.33. The number of aryl methyl sites for hydroxylation is 1. The van der Waals surface area contributed by atoms with Crippen LogP contribution in [0.4, 0.5) is 0 Å². The van der Waals surface area contributed by atoms with Crippen molar-refractivity contribution in [2.75, 3.05) is 7.11 Å². The third-order valence-electron chi connectivity index (χ3n) is 6.25. The van der Waals surface area contributed by atoms with Gasteiger partial charge in [0.05, 0.1) is 12.7 Å². The van der Waals surface area contributed by atoms with Crippen LogP contribution in [0.2, 0.25) is 0 Å². The van der Waals surface area contributed by atoms with E-state index in [-0.39, 0.29) is 12.4 Å². The molecule has 1 aliphatic heterocycles. The fourth-order valence-electron chi connectivity index (χ4n) is 4.48. The molecule has 0 unspecified atom stereocenters. The predicted molar refractivity (Wildman–Crippen MR) is 123 cm³/mol. The van der Waals surface area contributed by atoms with Gasteiger partial charge in [-0.15, -0.1) is 0 Å². The van der Waals surface area contributed by atoms with Gasteiger partial charge in [0.25, 0.3) is 0 Å². The maximum Gasteiger partial charge on any atom is 0.337 e. The Morgan fingerprint density at radius 2 is 1.72 bits per heavy atom. The predicted octanol–water partition coefficient (Wildman–Crippen LogP) is 4.97. The highest BCUT2D eigenvalue weighted by molar-refractivity contribution is 6.03. The van der Waals surface area contributed by atoms with Crippen LogP contribution in [0.25, 0.3) is 0 Å². The van der Waals surface area contributed by atoms with Gasteiger partial charge in [0, 0.05) is 29.3 Å². The van der Waals surface area contributed by atoms with Crippen molar-refractivity contribution in [1.29, 1.82) is 0 Å². The molecular formula is C27H29NO4. The topological polar surface area (TPSA) is 64.6 Å². The lowest BCUT2D eigenvalue weighted by atomic mass is 9.75. The summed E-state index contributed by atoms with van der Waals surface area (Å²) in [4.78, 5) is 26.3. The highest BCUT2D eigenvalue weighted by Crippen LogP contribution is 2.42. The van der Waals surface area contributed by atoms with Crippen LogP contribution in [0.5, 0.6) is 5.75 Å². The number of allylic oxidation sites excluding steroid dienone is 3. The molecule has 0 bridgehead atoms. The molecule has 0 fully saturated rings. The van der Waals surface area contributed by atoms with E-state index in [2.05, 4.69) is 24.4 Å². The molecule has 0 aromatic heterocycles. The minimum Gasteiger partial charge on any atom is -0.497 e. The molecule has 2 aliphatic rings. The zero-order valence-corrected chi connectivity index (χ0v) is 18.9. The van der Waals surface area contributed by atoms with Crippen LogP contribution < -0.4 is 10.1 Å². The van der Waals surface area contributed by atoms with Crippen LogP contribution in [0.15, 0.2) is 71.1 Å². The normalized spacial score (nSPS) is 18.2. The van der Waals surface area contributed by atoms with Crippen LogP contribution in [0.3, 0.4) is 0 Å². The molecule has 5 nitrogen and oxygen atoms in total. The summed E-state index contributed by atoms with van der Waals surface area (Å²) in [6, 6.07) is 15.6. The van der Waals surface area contributed by atoms with E-state index in [1.165, 1.54) is 5.56 Å². The number of hydrogen-bond acceptors (Lipinski definition) is 5. The molecule has 1 heterocycles. The second kappa shape index (κ2) is 9.43. The lowest BCUT2D eigenvalue weighted by Crippen LogP contribution is -2.34. The number of carbonyl (C=O) groups is 2. The van der Waals surface area contributed by atoms with Crippen molar-refractivity contribution < 1.29 is 19.1 Å². The van der Waals surface area contributed by atoms with Crippen molar-refractivity contribution in [3.05, 3.63) is 87.8 Å². The van der Waals surface area contributed by atoms with E-state index >= 15 is 0 Å². The van der Waals surface area contributed by atoms with E-state index in [1.54, 1.807) is 7.11 Å². The Hall–Kier alpha value is -3.34. The molecular weight excluding hydrogens is 402 g/mol. The number of Topliss-reactive ketones (excluding diaryl/α,β-unsaturated/α-hetero) is 1. The third-order valence-corrected chi connectivity index (χ3v) is 6.25. The van der Waals surface area contributed by atoms with E-state index in [0.29, 0.717) is 17.6 Å². The first-order valence-electron chi connectivity index (χ1n) is 11.1. The maximum atomic E-state index is 13.3. The van der Waals surface area contributed by atoms with Crippen molar-refractivity contribution in [2.45, 2.75) is 52.1 Å². The molecule has 166 valence electrons. The van der Waals surface area contributed by atoms with Crippen molar-refractivity contribution in [2.24, 2.45) is 0 Å². The largest absolute Gasteiger partial charge is 0.497 e. The number of ketones is 1. The van der Waals surface area contributed by atoms with Crippen molar-refractivity contribution >= 4 is 11.8 Å². The zero-order chi connectivity index (χ0) is 22.7. The first kappa shape index (κ1) is 21.9. The standard InChI is InChI=1S/C27H29NO4/c1-4-18-8-12-20(13-9-18)25-24(17(2)28-22-6-5-7-23(29)26(22)25)27(30)32-16-19-10-14-21(31-3)15-11-19/h8-15,25,28H,4-7,16H2,1-3H3/t25-/m1/s1. The lowest BCUT2D eigenvalue weighted by Gasteiger charge is -2.34. The zero-order valence-electron chi connectivity index (χ0n) is 18.9. The fourth-order valence-corrected chi connectivity index (χ4v) is 4.48. The van der Waals surface area contributed by atoms with Crippen LogP contribution in [0.1, 0.15) is 55.7 Å². The SMILES string of the molecule is CCc1ccc([C@@H]2C(C(=O)OCc3ccc(OC)cc3)=C(C)NC3=C2C(=O)CCC3)cc1. The summed E-state index contributed by atoms with van der Waals surface area (Å²) in [6.45, 7) is 4.15. The lowest BCUT2D eigenvalue weighted by molar-refractivity contribution is -0.140. The second-order valence-electron chi connectivity index (χ2n) is 8.28. The smallest absolute Gasteiger partial charge is 0.337 e. The second-order valence-corrected chi connectivity index (χ2v) is 8.28. The summed E-state index contributed by atoms with van der Waals surface area (Å²) in [5, 5.41) is 3.34. The minimum atomic E-state index is -0.409. The molecule has 4 rings (SSSR count). The quantitative estimate of drug-likeness (QED) is 0.655. The molecule has 1 atom stereocenters. The van der Waals surface area contributed by atoms with Gasteiger partial charge in [0.2, 0.25) is 0 Å². The average Bonchev–Trinajstić information content (AvgIpc) is 2.82. The molecule has 0 radical (unpaired) electrons. The van der Waals surface area contributed by atoms with E-state index in [4.69, 9.17) is 9.47 Å². The van der Waals surface area contributed by atoms with Gasteiger partial charge >= 0.3 is 5.97 Å². The minimum absolute atomic E-state index is 0.108. The number of rotatable bonds is 6. The van der Waals surface area contributed by atoms with Crippen LogP contribution in [-0.4, -0.2) is 18.9 Å². The number of carbonyl (C=O) groups excluding carboxylic acids is 2. The summed E-state index contributed by atoms with van der Waals surface area (Å²) in [7, 11) is 1.61. The molecule has 1 aliphatic carbocycles. The maximum absolute atomic E-state index is 13.3. The number of methoxy groups -OCH3 is 1. The molecule has 32 heavy (non-hydrogen) atoms. The van der Waals surface area contributed by atoms with Gasteiger partial charge in [-0.25, -0.2) is 4.79 Å². The molecule has 0 amide bonds.